The summed E-state index contributed by atoms with van der Waals surface area (Å²) in [4.78, 5) is 42.7. The van der Waals surface area contributed by atoms with Gasteiger partial charge in [-0.05, 0) is 48.6 Å². The first-order chi connectivity index (χ1) is 17.0. The van der Waals surface area contributed by atoms with Crippen molar-refractivity contribution in [3.05, 3.63) is 137 Å². The fourth-order valence-corrected chi connectivity index (χ4v) is 4.29. The van der Waals surface area contributed by atoms with Crippen LogP contribution in [0.4, 0.5) is 0 Å². The van der Waals surface area contributed by atoms with Crippen LogP contribution in [0.2, 0.25) is 0 Å². The first-order valence-corrected chi connectivity index (χ1v) is 11.5. The average molecular weight is 463 g/mol. The highest BCUT2D eigenvalue weighted by atomic mass is 16.2. The van der Waals surface area contributed by atoms with Crippen LogP contribution in [0.1, 0.15) is 50.9 Å². The van der Waals surface area contributed by atoms with Gasteiger partial charge in [0.15, 0.2) is 5.78 Å². The minimum Gasteiger partial charge on any atom is -0.295 e. The molecule has 0 atom stereocenters. The Balaban J connectivity index is 1.75. The lowest BCUT2D eigenvalue weighted by atomic mass is 9.70. The number of imide groups is 1. The topological polar surface area (TPSA) is 76.1 Å². The van der Waals surface area contributed by atoms with Crippen LogP contribution < -0.4 is 5.32 Å². The lowest BCUT2D eigenvalue weighted by molar-refractivity contribution is -0.124. The molecule has 0 bridgehead atoms. The van der Waals surface area contributed by atoms with Gasteiger partial charge in [0.25, 0.3) is 5.91 Å². The van der Waals surface area contributed by atoms with E-state index in [1.807, 2.05) is 72.8 Å². The predicted octanol–water partition coefficient (Wildman–Crippen LogP) is 5.16. The molecule has 0 saturated heterocycles. The lowest BCUT2D eigenvalue weighted by Crippen LogP contribution is -2.48. The summed E-state index contributed by atoms with van der Waals surface area (Å²) in [6.45, 7) is 1.54. The summed E-state index contributed by atoms with van der Waals surface area (Å²) >= 11 is 0. The van der Waals surface area contributed by atoms with Crippen LogP contribution in [0, 0.1) is 0 Å². The molecule has 1 aromatic heterocycles. The number of ketones is 1. The molecule has 1 N–H and O–H groups in total. The van der Waals surface area contributed by atoms with E-state index in [1.54, 1.807) is 30.3 Å². The average Bonchev–Trinajstić information content (AvgIpc) is 2.91. The second-order valence-corrected chi connectivity index (χ2v) is 8.39. The van der Waals surface area contributed by atoms with Gasteiger partial charge in [0.05, 0.1) is 5.41 Å². The molecule has 5 heteroatoms. The minimum atomic E-state index is -1.12. The molecule has 0 saturated carbocycles. The molecule has 0 radical (unpaired) electrons. The van der Waals surface area contributed by atoms with Gasteiger partial charge >= 0.3 is 0 Å². The number of benzene rings is 3. The first-order valence-electron chi connectivity index (χ1n) is 11.5. The van der Waals surface area contributed by atoms with E-state index in [4.69, 9.17) is 0 Å². The molecule has 4 rings (SSSR count). The van der Waals surface area contributed by atoms with Crippen molar-refractivity contribution < 1.29 is 14.4 Å². The molecule has 35 heavy (non-hydrogen) atoms. The van der Waals surface area contributed by atoms with Crippen molar-refractivity contribution in [2.75, 3.05) is 0 Å². The van der Waals surface area contributed by atoms with Crippen LogP contribution in [0.5, 0.6) is 0 Å². The second kappa shape index (κ2) is 10.7. The SMILES string of the molecule is CC(=O)c1ccc(CCC(C(=O)NC(=O)c2ccccn2)(c2ccccc2)c2ccccc2)cc1. The van der Waals surface area contributed by atoms with E-state index in [9.17, 15) is 14.4 Å². The van der Waals surface area contributed by atoms with Gasteiger partial charge in [-0.3, -0.25) is 24.7 Å². The smallest absolute Gasteiger partial charge is 0.276 e. The Bertz CT molecular complexity index is 1260. The maximum Gasteiger partial charge on any atom is 0.276 e. The Labute approximate surface area is 204 Å². The highest BCUT2D eigenvalue weighted by Crippen LogP contribution is 2.37. The number of aryl methyl sites for hydroxylation is 1. The maximum absolute atomic E-state index is 14.0. The molecule has 0 unspecified atom stereocenters. The third-order valence-electron chi connectivity index (χ3n) is 6.19. The third-order valence-corrected chi connectivity index (χ3v) is 6.19. The van der Waals surface area contributed by atoms with E-state index in [0.29, 0.717) is 18.4 Å². The summed E-state index contributed by atoms with van der Waals surface area (Å²) in [6, 6.07) is 31.4. The summed E-state index contributed by atoms with van der Waals surface area (Å²) < 4.78 is 0. The fraction of sp³-hybridized carbons (Fsp3) is 0.133. The molecule has 174 valence electrons. The van der Waals surface area contributed by atoms with Crippen molar-refractivity contribution in [1.82, 2.24) is 10.3 Å². The zero-order valence-electron chi connectivity index (χ0n) is 19.5. The van der Waals surface area contributed by atoms with Crippen molar-refractivity contribution in [2.45, 2.75) is 25.2 Å². The number of pyridine rings is 1. The molecular formula is C30H26N2O3. The summed E-state index contributed by atoms with van der Waals surface area (Å²) in [5.74, 6) is -0.949. The number of rotatable bonds is 8. The normalized spacial score (nSPS) is 11.0. The highest BCUT2D eigenvalue weighted by molar-refractivity contribution is 6.08. The van der Waals surface area contributed by atoms with Gasteiger partial charge in [0, 0.05) is 11.8 Å². The number of nitrogens with zero attached hydrogens (tertiary/aromatic N) is 1. The number of hydrogen-bond donors (Lipinski definition) is 1. The number of carbonyl (C=O) groups is 3. The molecule has 0 aliphatic carbocycles. The molecule has 2 amide bonds. The Morgan fingerprint density at radius 2 is 1.31 bits per heavy atom. The molecule has 1 heterocycles. The Hall–Kier alpha value is -4.38. The van der Waals surface area contributed by atoms with Crippen LogP contribution in [-0.2, 0) is 16.6 Å². The molecule has 0 spiro atoms. The Kier molecular flexibility index (Phi) is 7.27. The highest BCUT2D eigenvalue weighted by Gasteiger charge is 2.42. The number of amides is 2. The Morgan fingerprint density at radius 1 is 0.743 bits per heavy atom. The first kappa shape index (κ1) is 23.8. The monoisotopic (exact) mass is 462 g/mol. The summed E-state index contributed by atoms with van der Waals surface area (Å²) in [5.41, 5.74) is 2.28. The third kappa shape index (κ3) is 5.25. The van der Waals surface area contributed by atoms with Gasteiger partial charge in [-0.1, -0.05) is 91.0 Å². The molecule has 5 nitrogen and oxygen atoms in total. The number of hydrogen-bond acceptors (Lipinski definition) is 4. The van der Waals surface area contributed by atoms with E-state index in [1.165, 1.54) is 13.1 Å². The number of carbonyl (C=O) groups excluding carboxylic acids is 3. The van der Waals surface area contributed by atoms with E-state index >= 15 is 0 Å². The van der Waals surface area contributed by atoms with E-state index in [2.05, 4.69) is 10.3 Å². The molecule has 0 aliphatic rings. The van der Waals surface area contributed by atoms with E-state index in [-0.39, 0.29) is 11.5 Å². The molecule has 3 aromatic carbocycles. The van der Waals surface area contributed by atoms with Gasteiger partial charge in [0.2, 0.25) is 5.91 Å². The van der Waals surface area contributed by atoms with Crippen LogP contribution >= 0.6 is 0 Å². The standard InChI is InChI=1S/C30H26N2O3/c1-22(33)24-17-15-23(16-18-24)19-20-30(25-10-4-2-5-11-25,26-12-6-3-7-13-26)29(35)32-28(34)27-14-8-9-21-31-27/h2-18,21H,19-20H2,1H3,(H,32,34,35). The van der Waals surface area contributed by atoms with Gasteiger partial charge in [-0.15, -0.1) is 0 Å². The van der Waals surface area contributed by atoms with Crippen LogP contribution in [0.3, 0.4) is 0 Å². The number of nitrogens with one attached hydrogen (secondary N) is 1. The van der Waals surface area contributed by atoms with Crippen molar-refractivity contribution >= 4 is 17.6 Å². The zero-order valence-corrected chi connectivity index (χ0v) is 19.5. The van der Waals surface area contributed by atoms with Gasteiger partial charge in [0.1, 0.15) is 5.69 Å². The molecule has 4 aromatic rings. The predicted molar refractivity (Wildman–Crippen MR) is 135 cm³/mol. The maximum atomic E-state index is 14.0. The van der Waals surface area contributed by atoms with Crippen LogP contribution in [0.25, 0.3) is 0 Å². The lowest BCUT2D eigenvalue weighted by Gasteiger charge is -2.33. The minimum absolute atomic E-state index is 0.00637. The largest absolute Gasteiger partial charge is 0.295 e. The van der Waals surface area contributed by atoms with Crippen molar-refractivity contribution in [1.29, 1.82) is 0 Å². The van der Waals surface area contributed by atoms with E-state index < -0.39 is 17.2 Å². The zero-order chi connectivity index (χ0) is 24.7. The molecule has 0 fully saturated rings. The summed E-state index contributed by atoms with van der Waals surface area (Å²) in [6.07, 6.45) is 2.50. The van der Waals surface area contributed by atoms with Gasteiger partial charge < -0.3 is 0 Å². The molecular weight excluding hydrogens is 436 g/mol. The number of Topliss-reactive ketones (excluding diaryl/α,β-unsaturated/α-hetero) is 1. The van der Waals surface area contributed by atoms with Gasteiger partial charge in [-0.25, -0.2) is 0 Å². The van der Waals surface area contributed by atoms with Gasteiger partial charge in [-0.2, -0.15) is 0 Å². The van der Waals surface area contributed by atoms with Crippen molar-refractivity contribution in [3.63, 3.8) is 0 Å². The molecule has 0 aliphatic heterocycles. The summed E-state index contributed by atoms with van der Waals surface area (Å²) in [5, 5.41) is 2.61. The van der Waals surface area contributed by atoms with Crippen LogP contribution in [-0.4, -0.2) is 22.6 Å². The van der Waals surface area contributed by atoms with E-state index in [0.717, 1.165) is 16.7 Å². The van der Waals surface area contributed by atoms with Crippen LogP contribution in [0.15, 0.2) is 109 Å². The van der Waals surface area contributed by atoms with Crippen molar-refractivity contribution in [2.24, 2.45) is 0 Å². The summed E-state index contributed by atoms with van der Waals surface area (Å²) in [7, 11) is 0. The Morgan fingerprint density at radius 3 is 1.83 bits per heavy atom. The quantitative estimate of drug-likeness (QED) is 0.367. The fourth-order valence-electron chi connectivity index (χ4n) is 4.29. The number of aromatic nitrogens is 1. The van der Waals surface area contributed by atoms with Crippen molar-refractivity contribution in [3.8, 4) is 0 Å². The second-order valence-electron chi connectivity index (χ2n) is 8.39.